The fraction of sp³-hybridized carbons (Fsp3) is 0.319. The van der Waals surface area contributed by atoms with E-state index >= 15 is 0 Å². The molecule has 5 aromatic rings. The van der Waals surface area contributed by atoms with E-state index in [9.17, 15) is 9.59 Å². The SMILES string of the molecule is Cc1nccc(-c2ccc(CCNC(=O)C3Cc4cc5c(cc4CN3C(=O)OCC(C)(C)C)OC(c3ccc(OCc4ccc(Cl)c(Cl)c4)cc3)CO5)cc2)c1C.O=CO. The molecule has 3 heterocycles. The van der Waals surface area contributed by atoms with Crippen LogP contribution in [0.4, 0.5) is 4.79 Å². The number of carbonyl (C=O) groups excluding carboxylic acids is 2. The summed E-state index contributed by atoms with van der Waals surface area (Å²) >= 11 is 12.2. The highest BCUT2D eigenvalue weighted by Gasteiger charge is 2.37. The topological polar surface area (TPSA) is 137 Å². The van der Waals surface area contributed by atoms with Crippen LogP contribution in [0.3, 0.4) is 0 Å². The molecule has 2 amide bonds. The highest BCUT2D eigenvalue weighted by atomic mass is 35.5. The van der Waals surface area contributed by atoms with Crippen molar-refractivity contribution in [2.45, 2.75) is 72.8 Å². The van der Waals surface area contributed by atoms with Gasteiger partial charge in [-0.15, -0.1) is 0 Å². The predicted octanol–water partition coefficient (Wildman–Crippen LogP) is 9.73. The van der Waals surface area contributed by atoms with Gasteiger partial charge in [0.15, 0.2) is 17.6 Å². The molecule has 13 heteroatoms. The maximum absolute atomic E-state index is 13.8. The molecule has 60 heavy (non-hydrogen) atoms. The molecule has 314 valence electrons. The number of hydrogen-bond acceptors (Lipinski definition) is 8. The number of ether oxygens (including phenoxy) is 4. The Morgan fingerprint density at radius 1 is 0.933 bits per heavy atom. The maximum Gasteiger partial charge on any atom is 0.410 e. The van der Waals surface area contributed by atoms with Crippen molar-refractivity contribution in [1.29, 1.82) is 0 Å². The molecule has 0 spiro atoms. The molecule has 2 aliphatic rings. The van der Waals surface area contributed by atoms with Crippen molar-refractivity contribution in [1.82, 2.24) is 15.2 Å². The lowest BCUT2D eigenvalue weighted by atomic mass is 9.92. The Morgan fingerprint density at radius 3 is 2.33 bits per heavy atom. The van der Waals surface area contributed by atoms with Gasteiger partial charge in [0.05, 0.1) is 23.2 Å². The van der Waals surface area contributed by atoms with Crippen LogP contribution in [0.2, 0.25) is 10.0 Å². The summed E-state index contributed by atoms with van der Waals surface area (Å²) in [5.41, 5.74) is 8.97. The first kappa shape index (κ1) is 43.8. The van der Waals surface area contributed by atoms with Gasteiger partial charge in [0.2, 0.25) is 5.91 Å². The van der Waals surface area contributed by atoms with Crippen molar-refractivity contribution in [2.24, 2.45) is 5.41 Å². The number of aromatic nitrogens is 1. The third-order valence-electron chi connectivity index (χ3n) is 10.3. The number of hydrogen-bond donors (Lipinski definition) is 2. The van der Waals surface area contributed by atoms with Gasteiger partial charge in [-0.25, -0.2) is 4.79 Å². The van der Waals surface area contributed by atoms with Gasteiger partial charge in [0.1, 0.15) is 25.0 Å². The van der Waals surface area contributed by atoms with E-state index in [1.54, 1.807) is 12.1 Å². The summed E-state index contributed by atoms with van der Waals surface area (Å²) in [5, 5.41) is 11.0. The van der Waals surface area contributed by atoms with E-state index in [4.69, 9.17) is 52.1 Å². The lowest BCUT2D eigenvalue weighted by molar-refractivity contribution is -0.126. The first-order chi connectivity index (χ1) is 28.7. The number of fused-ring (bicyclic) bond motifs is 2. The Labute approximate surface area is 360 Å². The van der Waals surface area contributed by atoms with Crippen LogP contribution in [-0.4, -0.2) is 59.3 Å². The summed E-state index contributed by atoms with van der Waals surface area (Å²) < 4.78 is 24.4. The van der Waals surface area contributed by atoms with Gasteiger partial charge in [0.25, 0.3) is 6.47 Å². The summed E-state index contributed by atoms with van der Waals surface area (Å²) in [4.78, 5) is 41.7. The second kappa shape index (κ2) is 19.5. The fourth-order valence-electron chi connectivity index (χ4n) is 6.93. The minimum atomic E-state index is -0.752. The van der Waals surface area contributed by atoms with Crippen LogP contribution in [-0.2, 0) is 40.3 Å². The molecular formula is C47H49Cl2N3O8. The second-order valence-electron chi connectivity index (χ2n) is 16.0. The van der Waals surface area contributed by atoms with Crippen LogP contribution >= 0.6 is 23.2 Å². The Morgan fingerprint density at radius 2 is 1.63 bits per heavy atom. The lowest BCUT2D eigenvalue weighted by Crippen LogP contribution is -2.53. The zero-order valence-electron chi connectivity index (χ0n) is 34.3. The molecule has 2 unspecified atom stereocenters. The number of carbonyl (C=O) groups is 3. The minimum absolute atomic E-state index is 0.192. The molecule has 0 saturated carbocycles. The van der Waals surface area contributed by atoms with Crippen molar-refractivity contribution in [3.8, 4) is 28.4 Å². The standard InChI is InChI=1S/C46H47Cl2N3O6.CH2O2/c1-28-29(2)49-19-17-37(28)32-9-6-30(7-10-32)16-18-50-44(52)40-21-34-22-41-42(23-35(34)24-51(40)45(53)56-27-46(3,4)5)57-43(26-55-41)33-11-13-36(14-12-33)54-25-31-8-15-38(47)39(48)20-31;2-1-3/h6-15,17,19-20,22-23,40,43H,16,18,21,24-27H2,1-5H3,(H,50,52);1H,(H,2,3). The molecule has 7 rings (SSSR count). The maximum atomic E-state index is 13.8. The van der Waals surface area contributed by atoms with Gasteiger partial charge in [-0.05, 0) is 113 Å². The molecule has 0 radical (unpaired) electrons. The van der Waals surface area contributed by atoms with Crippen LogP contribution in [0.15, 0.2) is 91.1 Å². The van der Waals surface area contributed by atoms with E-state index in [1.165, 1.54) is 4.90 Å². The van der Waals surface area contributed by atoms with Gasteiger partial charge < -0.3 is 29.4 Å². The molecule has 2 atom stereocenters. The zero-order valence-corrected chi connectivity index (χ0v) is 35.8. The van der Waals surface area contributed by atoms with E-state index in [1.807, 2.05) is 82.4 Å². The average molecular weight is 855 g/mol. The molecule has 2 aliphatic heterocycles. The predicted molar refractivity (Wildman–Crippen MR) is 231 cm³/mol. The van der Waals surface area contributed by atoms with E-state index in [0.717, 1.165) is 50.2 Å². The molecule has 0 aliphatic carbocycles. The Hall–Kier alpha value is -5.78. The molecule has 11 nitrogen and oxygen atoms in total. The Bertz CT molecular complexity index is 2310. The van der Waals surface area contributed by atoms with E-state index in [0.29, 0.717) is 59.9 Å². The Kier molecular flexibility index (Phi) is 14.2. The largest absolute Gasteiger partial charge is 0.489 e. The van der Waals surface area contributed by atoms with Crippen molar-refractivity contribution in [3.63, 3.8) is 0 Å². The smallest absolute Gasteiger partial charge is 0.410 e. The van der Waals surface area contributed by atoms with Gasteiger partial charge in [-0.1, -0.05) is 86.4 Å². The van der Waals surface area contributed by atoms with Gasteiger partial charge in [-0.2, -0.15) is 0 Å². The molecular weight excluding hydrogens is 805 g/mol. The van der Waals surface area contributed by atoms with Crippen LogP contribution in [0.25, 0.3) is 11.1 Å². The minimum Gasteiger partial charge on any atom is -0.489 e. The van der Waals surface area contributed by atoms with Gasteiger partial charge in [-0.3, -0.25) is 19.5 Å². The van der Waals surface area contributed by atoms with Crippen LogP contribution in [0.5, 0.6) is 17.2 Å². The van der Waals surface area contributed by atoms with E-state index in [2.05, 4.69) is 41.5 Å². The van der Waals surface area contributed by atoms with Crippen LogP contribution < -0.4 is 19.5 Å². The third-order valence-corrected chi connectivity index (χ3v) is 11.0. The number of benzene rings is 4. The number of amides is 2. The van der Waals surface area contributed by atoms with Crippen molar-refractivity contribution in [2.75, 3.05) is 19.8 Å². The summed E-state index contributed by atoms with van der Waals surface area (Å²) in [7, 11) is 0. The molecule has 0 fully saturated rings. The zero-order chi connectivity index (χ0) is 43.0. The number of aryl methyl sites for hydroxylation is 1. The van der Waals surface area contributed by atoms with Crippen LogP contribution in [0.1, 0.15) is 65.9 Å². The van der Waals surface area contributed by atoms with E-state index in [-0.39, 0.29) is 37.0 Å². The number of pyridine rings is 1. The summed E-state index contributed by atoms with van der Waals surface area (Å²) in [6, 6.07) is 26.6. The summed E-state index contributed by atoms with van der Waals surface area (Å²) in [5.74, 6) is 1.66. The summed E-state index contributed by atoms with van der Waals surface area (Å²) in [6.07, 6.45) is 1.91. The monoisotopic (exact) mass is 853 g/mol. The second-order valence-corrected chi connectivity index (χ2v) is 16.8. The molecule has 2 N–H and O–H groups in total. The highest BCUT2D eigenvalue weighted by Crippen LogP contribution is 2.41. The number of halogens is 2. The normalized spacial score (nSPS) is 15.5. The van der Waals surface area contributed by atoms with E-state index < -0.39 is 12.1 Å². The molecule has 0 bridgehead atoms. The lowest BCUT2D eigenvalue weighted by Gasteiger charge is -2.37. The summed E-state index contributed by atoms with van der Waals surface area (Å²) in [6.45, 7) is 11.3. The van der Waals surface area contributed by atoms with Crippen molar-refractivity contribution < 1.29 is 38.4 Å². The highest BCUT2D eigenvalue weighted by molar-refractivity contribution is 6.42. The quantitative estimate of drug-likeness (QED) is 0.132. The number of carboxylic acid groups (broad SMARTS) is 1. The first-order valence-corrected chi connectivity index (χ1v) is 20.4. The first-order valence-electron chi connectivity index (χ1n) is 19.7. The van der Waals surface area contributed by atoms with Crippen molar-refractivity contribution >= 4 is 41.7 Å². The average Bonchev–Trinajstić information content (AvgIpc) is 3.23. The number of nitrogens with one attached hydrogen (secondary N) is 1. The number of nitrogens with zero attached hydrogens (tertiary/aromatic N) is 2. The fourth-order valence-corrected chi connectivity index (χ4v) is 7.25. The van der Waals surface area contributed by atoms with Crippen molar-refractivity contribution in [3.05, 3.63) is 140 Å². The number of rotatable bonds is 10. The van der Waals surface area contributed by atoms with Gasteiger partial charge in [0, 0.05) is 24.9 Å². The molecule has 0 saturated heterocycles. The van der Waals surface area contributed by atoms with Crippen LogP contribution in [0, 0.1) is 19.3 Å². The molecule has 1 aromatic heterocycles. The van der Waals surface area contributed by atoms with Gasteiger partial charge >= 0.3 is 6.09 Å². The molecule has 4 aromatic carbocycles. The third kappa shape index (κ3) is 11.1. The Balaban J connectivity index is 0.00000195.